The van der Waals surface area contributed by atoms with Crippen LogP contribution in [-0.2, 0) is 11.3 Å². The highest BCUT2D eigenvalue weighted by Crippen LogP contribution is 2.26. The number of rotatable bonds is 5. The summed E-state index contributed by atoms with van der Waals surface area (Å²) >= 11 is 0. The molecule has 25 heavy (non-hydrogen) atoms. The zero-order valence-corrected chi connectivity index (χ0v) is 15.8. The highest BCUT2D eigenvalue weighted by atomic mass is 16.2. The van der Waals surface area contributed by atoms with Gasteiger partial charge in [0, 0.05) is 32.6 Å². The van der Waals surface area contributed by atoms with Crippen LogP contribution in [0, 0.1) is 5.92 Å². The highest BCUT2D eigenvalue weighted by Gasteiger charge is 2.23. The van der Waals surface area contributed by atoms with Crippen molar-refractivity contribution in [3.63, 3.8) is 0 Å². The van der Waals surface area contributed by atoms with Gasteiger partial charge in [0.1, 0.15) is 0 Å². The Bertz CT molecular complexity index is 574. The minimum atomic E-state index is 0.176. The Morgan fingerprint density at radius 1 is 1.24 bits per heavy atom. The van der Waals surface area contributed by atoms with Crippen LogP contribution in [0.25, 0.3) is 0 Å². The Labute approximate surface area is 152 Å². The summed E-state index contributed by atoms with van der Waals surface area (Å²) in [5.74, 6) is 1.03. The lowest BCUT2D eigenvalue weighted by atomic mass is 9.99. The Morgan fingerprint density at radius 3 is 2.88 bits per heavy atom. The van der Waals surface area contributed by atoms with Gasteiger partial charge >= 0.3 is 0 Å². The highest BCUT2D eigenvalue weighted by molar-refractivity contribution is 5.73. The lowest BCUT2D eigenvalue weighted by molar-refractivity contribution is -0.129. The van der Waals surface area contributed by atoms with Crippen LogP contribution in [0.5, 0.6) is 0 Å². The average Bonchev–Trinajstić information content (AvgIpc) is 2.79. The summed E-state index contributed by atoms with van der Waals surface area (Å²) in [6, 6.07) is 8.95. The van der Waals surface area contributed by atoms with Gasteiger partial charge in [-0.2, -0.15) is 0 Å². The van der Waals surface area contributed by atoms with Gasteiger partial charge in [0.15, 0.2) is 0 Å². The fourth-order valence-electron chi connectivity index (χ4n) is 4.29. The van der Waals surface area contributed by atoms with Crippen molar-refractivity contribution in [2.75, 3.05) is 32.7 Å². The normalized spacial score (nSPS) is 24.6. The molecule has 2 heterocycles. The van der Waals surface area contributed by atoms with Gasteiger partial charge in [-0.25, -0.2) is 0 Å². The number of likely N-dealkylation sites (tertiary alicyclic amines) is 1. The van der Waals surface area contributed by atoms with E-state index in [-0.39, 0.29) is 5.91 Å². The smallest absolute Gasteiger partial charge is 0.219 e. The van der Waals surface area contributed by atoms with E-state index in [0.717, 1.165) is 32.0 Å². The quantitative estimate of drug-likeness (QED) is 0.834. The largest absolute Gasteiger partial charge is 0.339 e. The summed E-state index contributed by atoms with van der Waals surface area (Å²) in [5, 5.41) is 3.76. The maximum atomic E-state index is 11.8. The number of amides is 1. The van der Waals surface area contributed by atoms with E-state index in [1.807, 2.05) is 4.90 Å². The maximum absolute atomic E-state index is 11.8. The number of fused-ring (bicyclic) bond motifs is 1. The molecule has 1 fully saturated rings. The number of nitrogens with zero attached hydrogens (tertiary/aromatic N) is 2. The van der Waals surface area contributed by atoms with Crippen LogP contribution in [0.1, 0.15) is 56.7 Å². The molecule has 1 N–H and O–H groups in total. The van der Waals surface area contributed by atoms with Crippen molar-refractivity contribution in [2.45, 2.75) is 52.1 Å². The molecule has 2 aliphatic heterocycles. The minimum absolute atomic E-state index is 0.176. The third-order valence-corrected chi connectivity index (χ3v) is 5.71. The molecule has 0 bridgehead atoms. The second-order valence-corrected chi connectivity index (χ2v) is 7.84. The molecule has 4 heteroatoms. The Balaban J connectivity index is 1.52. The fraction of sp³-hybridized carbons (Fsp3) is 0.667. The van der Waals surface area contributed by atoms with Crippen molar-refractivity contribution >= 4 is 5.91 Å². The molecule has 0 saturated carbocycles. The van der Waals surface area contributed by atoms with Crippen molar-refractivity contribution in [3.8, 4) is 0 Å². The molecule has 0 aliphatic carbocycles. The van der Waals surface area contributed by atoms with E-state index in [0.29, 0.717) is 6.04 Å². The van der Waals surface area contributed by atoms with Crippen LogP contribution in [0.15, 0.2) is 24.3 Å². The summed E-state index contributed by atoms with van der Waals surface area (Å²) in [5.41, 5.74) is 2.66. The van der Waals surface area contributed by atoms with Crippen molar-refractivity contribution in [1.82, 2.24) is 15.1 Å². The number of benzene rings is 1. The molecule has 0 radical (unpaired) electrons. The number of hydrogen-bond donors (Lipinski definition) is 1. The monoisotopic (exact) mass is 343 g/mol. The lowest BCUT2D eigenvalue weighted by Crippen LogP contribution is -2.36. The predicted octanol–water partition coefficient (Wildman–Crippen LogP) is 3.19. The van der Waals surface area contributed by atoms with E-state index in [1.54, 1.807) is 6.92 Å². The Hall–Kier alpha value is -1.39. The molecule has 1 aromatic rings. The van der Waals surface area contributed by atoms with Gasteiger partial charge in [-0.3, -0.25) is 4.79 Å². The molecule has 1 aromatic carbocycles. The third kappa shape index (κ3) is 5.05. The molecule has 138 valence electrons. The van der Waals surface area contributed by atoms with E-state index >= 15 is 0 Å². The van der Waals surface area contributed by atoms with Gasteiger partial charge < -0.3 is 15.1 Å². The molecule has 0 unspecified atom stereocenters. The van der Waals surface area contributed by atoms with E-state index in [9.17, 15) is 4.79 Å². The average molecular weight is 344 g/mol. The van der Waals surface area contributed by atoms with Gasteiger partial charge in [0.05, 0.1) is 0 Å². The molecule has 0 spiro atoms. The van der Waals surface area contributed by atoms with E-state index in [4.69, 9.17) is 0 Å². The zero-order valence-electron chi connectivity index (χ0n) is 15.8. The van der Waals surface area contributed by atoms with Crippen molar-refractivity contribution in [3.05, 3.63) is 35.4 Å². The van der Waals surface area contributed by atoms with Gasteiger partial charge in [-0.05, 0) is 62.4 Å². The summed E-state index contributed by atoms with van der Waals surface area (Å²) in [4.78, 5) is 16.4. The van der Waals surface area contributed by atoms with Crippen molar-refractivity contribution in [1.29, 1.82) is 0 Å². The summed E-state index contributed by atoms with van der Waals surface area (Å²) in [6.45, 7) is 10.4. The molecule has 3 rings (SSSR count). The first-order valence-electron chi connectivity index (χ1n) is 9.92. The van der Waals surface area contributed by atoms with Crippen LogP contribution in [0.3, 0.4) is 0 Å². The van der Waals surface area contributed by atoms with Crippen LogP contribution < -0.4 is 5.32 Å². The molecular formula is C21H33N3O. The van der Waals surface area contributed by atoms with E-state index < -0.39 is 0 Å². The number of piperidine rings is 1. The van der Waals surface area contributed by atoms with Gasteiger partial charge in [-0.1, -0.05) is 31.2 Å². The first-order valence-corrected chi connectivity index (χ1v) is 9.92. The SMILES string of the molecule is CC(=O)N1CC[C@H](NCCCN2CCC[C@@H](C)C2)c2ccccc2C1. The van der Waals surface area contributed by atoms with E-state index in [1.165, 1.54) is 50.0 Å². The van der Waals surface area contributed by atoms with Gasteiger partial charge in [0.2, 0.25) is 5.91 Å². The third-order valence-electron chi connectivity index (χ3n) is 5.71. The van der Waals surface area contributed by atoms with Crippen LogP contribution in [0.4, 0.5) is 0 Å². The zero-order chi connectivity index (χ0) is 17.6. The van der Waals surface area contributed by atoms with Gasteiger partial charge in [-0.15, -0.1) is 0 Å². The molecule has 1 saturated heterocycles. The molecule has 4 nitrogen and oxygen atoms in total. The van der Waals surface area contributed by atoms with Gasteiger partial charge in [0.25, 0.3) is 0 Å². The van der Waals surface area contributed by atoms with Crippen molar-refractivity contribution in [2.24, 2.45) is 5.92 Å². The lowest BCUT2D eigenvalue weighted by Gasteiger charge is -2.31. The minimum Gasteiger partial charge on any atom is -0.339 e. The van der Waals surface area contributed by atoms with Crippen molar-refractivity contribution < 1.29 is 4.79 Å². The molecular weight excluding hydrogens is 310 g/mol. The molecule has 1 amide bonds. The first kappa shape index (κ1) is 18.4. The second kappa shape index (κ2) is 8.81. The number of hydrogen-bond acceptors (Lipinski definition) is 3. The number of carbonyl (C=O) groups excluding carboxylic acids is 1. The Morgan fingerprint density at radius 2 is 2.08 bits per heavy atom. The predicted molar refractivity (Wildman–Crippen MR) is 102 cm³/mol. The Kier molecular flexibility index (Phi) is 6.49. The number of carbonyl (C=O) groups is 1. The summed E-state index contributed by atoms with van der Waals surface area (Å²) < 4.78 is 0. The van der Waals surface area contributed by atoms with Crippen LogP contribution in [0.2, 0.25) is 0 Å². The molecule has 2 atom stereocenters. The van der Waals surface area contributed by atoms with Crippen LogP contribution in [-0.4, -0.2) is 48.4 Å². The topological polar surface area (TPSA) is 35.6 Å². The number of nitrogens with one attached hydrogen (secondary N) is 1. The first-order chi connectivity index (χ1) is 12.1. The second-order valence-electron chi connectivity index (χ2n) is 7.84. The standard InChI is InChI=1S/C21H33N3O/c1-17-7-5-12-23(15-17)13-6-11-22-21-10-14-24(18(2)25)16-19-8-3-4-9-20(19)21/h3-4,8-9,17,21-22H,5-7,10-16H2,1-2H3/t17-,21+/m1/s1. The summed E-state index contributed by atoms with van der Waals surface area (Å²) in [6.07, 6.45) is 4.94. The molecule has 0 aromatic heterocycles. The fourth-order valence-corrected chi connectivity index (χ4v) is 4.29. The van der Waals surface area contributed by atoms with E-state index in [2.05, 4.69) is 41.4 Å². The van der Waals surface area contributed by atoms with Crippen LogP contribution >= 0.6 is 0 Å². The maximum Gasteiger partial charge on any atom is 0.219 e. The molecule has 2 aliphatic rings. The summed E-state index contributed by atoms with van der Waals surface area (Å²) in [7, 11) is 0.